The van der Waals surface area contributed by atoms with Gasteiger partial charge < -0.3 is 0 Å². The van der Waals surface area contributed by atoms with E-state index in [-0.39, 0.29) is 5.69 Å². The normalized spacial score (nSPS) is 15.5. The second kappa shape index (κ2) is 4.62. The summed E-state index contributed by atoms with van der Waals surface area (Å²) in [4.78, 5) is 18.4. The molecular formula is C13H17N5O. The summed E-state index contributed by atoms with van der Waals surface area (Å²) in [5.74, 6) is 0.839. The monoisotopic (exact) mass is 259 g/mol. The molecule has 0 saturated heterocycles. The van der Waals surface area contributed by atoms with E-state index in [0.29, 0.717) is 13.1 Å². The maximum absolute atomic E-state index is 11.7. The summed E-state index contributed by atoms with van der Waals surface area (Å²) in [5, 5.41) is 4.26. The van der Waals surface area contributed by atoms with Crippen LogP contribution in [0.5, 0.6) is 0 Å². The van der Waals surface area contributed by atoms with Gasteiger partial charge >= 0.3 is 5.69 Å². The highest BCUT2D eigenvalue weighted by atomic mass is 16.2. The Bertz CT molecular complexity index is 640. The molecular weight excluding hydrogens is 242 g/mol. The topological polar surface area (TPSA) is 56.0 Å². The van der Waals surface area contributed by atoms with Gasteiger partial charge in [-0.15, -0.1) is 0 Å². The highest BCUT2D eigenvalue weighted by Crippen LogP contribution is 2.11. The molecule has 3 rings (SSSR count). The van der Waals surface area contributed by atoms with Crippen LogP contribution in [0.15, 0.2) is 23.1 Å². The predicted molar refractivity (Wildman–Crippen MR) is 70.6 cm³/mol. The van der Waals surface area contributed by atoms with Crippen LogP contribution in [0, 0.1) is 6.92 Å². The summed E-state index contributed by atoms with van der Waals surface area (Å²) >= 11 is 0. The van der Waals surface area contributed by atoms with E-state index in [4.69, 9.17) is 0 Å². The largest absolute Gasteiger partial charge is 0.345 e. The fourth-order valence-electron chi connectivity index (χ4n) is 2.37. The third kappa shape index (κ3) is 2.31. The van der Waals surface area contributed by atoms with Crippen LogP contribution in [0.3, 0.4) is 0 Å². The van der Waals surface area contributed by atoms with E-state index in [2.05, 4.69) is 27.1 Å². The van der Waals surface area contributed by atoms with Crippen LogP contribution in [0.4, 0.5) is 0 Å². The van der Waals surface area contributed by atoms with Gasteiger partial charge in [-0.1, -0.05) is 6.07 Å². The van der Waals surface area contributed by atoms with Crippen molar-refractivity contribution in [2.24, 2.45) is 7.05 Å². The van der Waals surface area contributed by atoms with Gasteiger partial charge in [-0.2, -0.15) is 5.10 Å². The van der Waals surface area contributed by atoms with Crippen LogP contribution in [0.1, 0.15) is 17.1 Å². The van der Waals surface area contributed by atoms with Crippen LogP contribution in [-0.2, 0) is 26.7 Å². The van der Waals surface area contributed by atoms with Crippen molar-refractivity contribution in [3.63, 3.8) is 0 Å². The van der Waals surface area contributed by atoms with Gasteiger partial charge in [-0.3, -0.25) is 14.5 Å². The minimum Gasteiger partial charge on any atom is -0.288 e. The fourth-order valence-corrected chi connectivity index (χ4v) is 2.37. The molecule has 0 spiro atoms. The van der Waals surface area contributed by atoms with Crippen molar-refractivity contribution < 1.29 is 0 Å². The second-order valence-electron chi connectivity index (χ2n) is 5.01. The zero-order valence-electron chi connectivity index (χ0n) is 11.2. The molecule has 6 heteroatoms. The van der Waals surface area contributed by atoms with E-state index in [9.17, 15) is 4.79 Å². The fraction of sp³-hybridized carbons (Fsp3) is 0.462. The van der Waals surface area contributed by atoms with Gasteiger partial charge in [-0.25, -0.2) is 9.48 Å². The van der Waals surface area contributed by atoms with Gasteiger partial charge in [-0.05, 0) is 18.6 Å². The standard InChI is InChI=1S/C13H17N5O/c1-10-3-4-11(14-7-10)8-17-5-6-18-12(9-17)15-16(2)13(18)19/h3-4,7H,5-6,8-9H2,1-2H3. The zero-order valence-corrected chi connectivity index (χ0v) is 11.2. The Hall–Kier alpha value is -1.95. The second-order valence-corrected chi connectivity index (χ2v) is 5.01. The third-order valence-electron chi connectivity index (χ3n) is 3.45. The van der Waals surface area contributed by atoms with Gasteiger partial charge in [0.05, 0.1) is 12.2 Å². The van der Waals surface area contributed by atoms with Crippen LogP contribution < -0.4 is 5.69 Å². The molecule has 2 aromatic rings. The molecule has 0 saturated carbocycles. The van der Waals surface area contributed by atoms with Crippen molar-refractivity contribution in [3.8, 4) is 0 Å². The molecule has 3 heterocycles. The molecule has 0 radical (unpaired) electrons. The number of hydrogen-bond donors (Lipinski definition) is 0. The van der Waals surface area contributed by atoms with Gasteiger partial charge in [0.15, 0.2) is 0 Å². The van der Waals surface area contributed by atoms with Crippen LogP contribution in [-0.4, -0.2) is 30.8 Å². The van der Waals surface area contributed by atoms with Gasteiger partial charge in [0.2, 0.25) is 0 Å². The molecule has 0 atom stereocenters. The van der Waals surface area contributed by atoms with E-state index in [0.717, 1.165) is 24.6 Å². The first-order valence-electron chi connectivity index (χ1n) is 6.40. The predicted octanol–water partition coefficient (Wildman–Crippen LogP) is 0.301. The Balaban J connectivity index is 1.75. The molecule has 1 aliphatic rings. The summed E-state index contributed by atoms with van der Waals surface area (Å²) in [7, 11) is 1.69. The lowest BCUT2D eigenvalue weighted by Gasteiger charge is -2.26. The van der Waals surface area contributed by atoms with E-state index in [1.165, 1.54) is 10.2 Å². The molecule has 0 aromatic carbocycles. The smallest absolute Gasteiger partial charge is 0.288 e. The summed E-state index contributed by atoms with van der Waals surface area (Å²) in [6.45, 7) is 5.09. The number of aromatic nitrogens is 4. The average Bonchev–Trinajstić information content (AvgIpc) is 2.68. The highest BCUT2D eigenvalue weighted by Gasteiger charge is 2.20. The third-order valence-corrected chi connectivity index (χ3v) is 3.45. The number of hydrogen-bond acceptors (Lipinski definition) is 4. The molecule has 0 fully saturated rings. The minimum atomic E-state index is -0.0249. The maximum atomic E-state index is 11.7. The molecule has 19 heavy (non-hydrogen) atoms. The first-order chi connectivity index (χ1) is 9.13. The molecule has 100 valence electrons. The van der Waals surface area contributed by atoms with Crippen molar-refractivity contribution in [2.45, 2.75) is 26.6 Å². The summed E-state index contributed by atoms with van der Waals surface area (Å²) in [5.41, 5.74) is 2.20. The lowest BCUT2D eigenvalue weighted by molar-refractivity contribution is 0.205. The van der Waals surface area contributed by atoms with Crippen LogP contribution in [0.2, 0.25) is 0 Å². The quantitative estimate of drug-likeness (QED) is 0.778. The Labute approximate surface area is 111 Å². The van der Waals surface area contributed by atoms with E-state index < -0.39 is 0 Å². The summed E-state index contributed by atoms with van der Waals surface area (Å²) < 4.78 is 3.15. The Kier molecular flexibility index (Phi) is 2.94. The van der Waals surface area contributed by atoms with E-state index >= 15 is 0 Å². The average molecular weight is 259 g/mol. The molecule has 6 nitrogen and oxygen atoms in total. The number of aryl methyl sites for hydroxylation is 2. The number of pyridine rings is 1. The molecule has 0 unspecified atom stereocenters. The first kappa shape index (κ1) is 12.1. The lowest BCUT2D eigenvalue weighted by atomic mass is 10.2. The van der Waals surface area contributed by atoms with Gasteiger partial charge in [0, 0.05) is 32.9 Å². The Morgan fingerprint density at radius 3 is 2.89 bits per heavy atom. The van der Waals surface area contributed by atoms with Crippen LogP contribution in [0.25, 0.3) is 0 Å². The van der Waals surface area contributed by atoms with E-state index in [1.54, 1.807) is 11.6 Å². The number of rotatable bonds is 2. The highest BCUT2D eigenvalue weighted by molar-refractivity contribution is 5.12. The number of nitrogens with zero attached hydrogens (tertiary/aromatic N) is 5. The molecule has 2 aromatic heterocycles. The molecule has 1 aliphatic heterocycles. The van der Waals surface area contributed by atoms with Crippen molar-refractivity contribution in [3.05, 3.63) is 45.9 Å². The molecule has 0 aliphatic carbocycles. The van der Waals surface area contributed by atoms with Gasteiger partial charge in [0.25, 0.3) is 0 Å². The van der Waals surface area contributed by atoms with Crippen molar-refractivity contribution in [1.29, 1.82) is 0 Å². The molecule has 0 amide bonds. The van der Waals surface area contributed by atoms with E-state index in [1.807, 2.05) is 13.1 Å². The zero-order chi connectivity index (χ0) is 13.4. The Morgan fingerprint density at radius 1 is 1.32 bits per heavy atom. The SMILES string of the molecule is Cc1ccc(CN2CCn3c(nn(C)c3=O)C2)nc1. The minimum absolute atomic E-state index is 0.0249. The summed E-state index contributed by atoms with van der Waals surface area (Å²) in [6, 6.07) is 4.12. The lowest BCUT2D eigenvalue weighted by Crippen LogP contribution is -2.37. The summed E-state index contributed by atoms with van der Waals surface area (Å²) in [6.07, 6.45) is 1.88. The first-order valence-corrected chi connectivity index (χ1v) is 6.40. The van der Waals surface area contributed by atoms with Crippen molar-refractivity contribution >= 4 is 0 Å². The maximum Gasteiger partial charge on any atom is 0.345 e. The van der Waals surface area contributed by atoms with Crippen molar-refractivity contribution in [1.82, 2.24) is 24.2 Å². The molecule has 0 bridgehead atoms. The van der Waals surface area contributed by atoms with Crippen LogP contribution >= 0.6 is 0 Å². The molecule has 0 N–H and O–H groups in total. The number of fused-ring (bicyclic) bond motifs is 1. The van der Waals surface area contributed by atoms with Crippen molar-refractivity contribution in [2.75, 3.05) is 6.54 Å². The Morgan fingerprint density at radius 2 is 2.16 bits per heavy atom. The van der Waals surface area contributed by atoms with Gasteiger partial charge in [0.1, 0.15) is 5.82 Å².